The van der Waals surface area contributed by atoms with Gasteiger partial charge in [-0.05, 0) is 24.3 Å². The number of hydrazine groups is 1. The van der Waals surface area contributed by atoms with Crippen molar-refractivity contribution in [3.63, 3.8) is 0 Å². The number of hydrogen-bond acceptors (Lipinski definition) is 4. The first-order valence-electron chi connectivity index (χ1n) is 6.90. The van der Waals surface area contributed by atoms with Crippen molar-refractivity contribution in [2.24, 2.45) is 0 Å². The molecule has 3 rings (SSSR count). The molecule has 0 saturated carbocycles. The van der Waals surface area contributed by atoms with Crippen LogP contribution in [-0.2, 0) is 0 Å². The Morgan fingerprint density at radius 1 is 0.958 bits per heavy atom. The van der Waals surface area contributed by atoms with Crippen LogP contribution in [0.4, 0.5) is 4.39 Å². The van der Waals surface area contributed by atoms with Gasteiger partial charge in [0.1, 0.15) is 5.82 Å². The van der Waals surface area contributed by atoms with E-state index < -0.39 is 23.2 Å². The Hall–Kier alpha value is -3.55. The average Bonchev–Trinajstić information content (AvgIpc) is 2.60. The highest BCUT2D eigenvalue weighted by molar-refractivity contribution is 6.05. The first kappa shape index (κ1) is 15.3. The molecular weight excluding hydrogens is 315 g/mol. The number of carbonyl (C=O) groups excluding carboxylic acids is 2. The predicted molar refractivity (Wildman–Crippen MR) is 83.7 cm³/mol. The third kappa shape index (κ3) is 2.98. The summed E-state index contributed by atoms with van der Waals surface area (Å²) in [5, 5.41) is 6.58. The zero-order valence-corrected chi connectivity index (χ0v) is 12.2. The molecule has 0 aliphatic carbocycles. The molecule has 0 unspecified atom stereocenters. The van der Waals surface area contributed by atoms with Gasteiger partial charge in [-0.3, -0.25) is 25.2 Å². The van der Waals surface area contributed by atoms with Gasteiger partial charge in [-0.25, -0.2) is 9.49 Å². The van der Waals surface area contributed by atoms with Gasteiger partial charge in [0.05, 0.1) is 5.39 Å². The van der Waals surface area contributed by atoms with Gasteiger partial charge < -0.3 is 0 Å². The predicted octanol–water partition coefficient (Wildman–Crippen LogP) is 1.14. The lowest BCUT2D eigenvalue weighted by atomic mass is 10.1. The number of amides is 2. The van der Waals surface area contributed by atoms with Crippen LogP contribution in [0.15, 0.2) is 53.3 Å². The van der Waals surface area contributed by atoms with E-state index in [1.807, 2.05) is 0 Å². The second-order valence-electron chi connectivity index (χ2n) is 4.87. The van der Waals surface area contributed by atoms with Gasteiger partial charge in [0.25, 0.3) is 17.4 Å². The van der Waals surface area contributed by atoms with Gasteiger partial charge in [0.2, 0.25) is 0 Å². The summed E-state index contributed by atoms with van der Waals surface area (Å²) in [6, 6.07) is 11.5. The molecule has 0 aliphatic heterocycles. The smallest absolute Gasteiger partial charge is 0.267 e. The van der Waals surface area contributed by atoms with E-state index in [2.05, 4.69) is 21.0 Å². The van der Waals surface area contributed by atoms with Crippen LogP contribution in [0.1, 0.15) is 20.8 Å². The number of aromatic amines is 1. The quantitative estimate of drug-likeness (QED) is 0.614. The van der Waals surface area contributed by atoms with Crippen molar-refractivity contribution in [3.05, 3.63) is 76.0 Å². The van der Waals surface area contributed by atoms with Crippen LogP contribution >= 0.6 is 0 Å². The summed E-state index contributed by atoms with van der Waals surface area (Å²) in [4.78, 5) is 35.7. The highest BCUT2D eigenvalue weighted by Gasteiger charge is 2.15. The second-order valence-corrected chi connectivity index (χ2v) is 4.87. The van der Waals surface area contributed by atoms with Crippen LogP contribution in [0.25, 0.3) is 10.8 Å². The lowest BCUT2D eigenvalue weighted by molar-refractivity contribution is 0.0844. The number of rotatable bonds is 2. The minimum Gasteiger partial charge on any atom is -0.267 e. The maximum absolute atomic E-state index is 13.1. The van der Waals surface area contributed by atoms with E-state index in [9.17, 15) is 18.8 Å². The summed E-state index contributed by atoms with van der Waals surface area (Å²) in [5.74, 6) is -1.97. The molecule has 3 aromatic rings. The summed E-state index contributed by atoms with van der Waals surface area (Å²) in [6.07, 6.45) is 0. The van der Waals surface area contributed by atoms with Crippen molar-refractivity contribution in [2.75, 3.05) is 0 Å². The first-order valence-corrected chi connectivity index (χ1v) is 6.90. The Balaban J connectivity index is 1.80. The van der Waals surface area contributed by atoms with Crippen LogP contribution < -0.4 is 16.4 Å². The van der Waals surface area contributed by atoms with Gasteiger partial charge in [-0.2, -0.15) is 5.10 Å². The minimum atomic E-state index is -0.716. The van der Waals surface area contributed by atoms with Crippen molar-refractivity contribution >= 4 is 22.6 Å². The van der Waals surface area contributed by atoms with Gasteiger partial charge in [0, 0.05) is 10.9 Å². The van der Waals surface area contributed by atoms with Gasteiger partial charge in [-0.15, -0.1) is 0 Å². The van der Waals surface area contributed by atoms with Crippen molar-refractivity contribution < 1.29 is 14.0 Å². The monoisotopic (exact) mass is 326 g/mol. The Kier molecular flexibility index (Phi) is 4.02. The van der Waals surface area contributed by atoms with Crippen molar-refractivity contribution in [1.82, 2.24) is 21.0 Å². The first-order chi connectivity index (χ1) is 11.6. The van der Waals surface area contributed by atoms with E-state index in [4.69, 9.17) is 0 Å². The molecule has 0 bridgehead atoms. The Labute approximate surface area is 134 Å². The molecular formula is C16H11FN4O3. The van der Waals surface area contributed by atoms with E-state index in [1.54, 1.807) is 24.3 Å². The maximum Gasteiger partial charge on any atom is 0.290 e. The van der Waals surface area contributed by atoms with Crippen LogP contribution in [0.3, 0.4) is 0 Å². The molecule has 1 aromatic heterocycles. The van der Waals surface area contributed by atoms with Crippen LogP contribution in [0, 0.1) is 5.82 Å². The lowest BCUT2D eigenvalue weighted by Gasteiger charge is -2.08. The molecule has 7 nitrogen and oxygen atoms in total. The van der Waals surface area contributed by atoms with Crippen LogP contribution in [0.2, 0.25) is 0 Å². The highest BCUT2D eigenvalue weighted by atomic mass is 19.1. The van der Waals surface area contributed by atoms with Crippen molar-refractivity contribution in [3.8, 4) is 0 Å². The lowest BCUT2D eigenvalue weighted by Crippen LogP contribution is -2.42. The highest BCUT2D eigenvalue weighted by Crippen LogP contribution is 2.11. The molecule has 1 heterocycles. The Morgan fingerprint density at radius 2 is 1.67 bits per heavy atom. The number of nitrogens with one attached hydrogen (secondary N) is 3. The third-order valence-electron chi connectivity index (χ3n) is 3.29. The number of H-pyrrole nitrogens is 1. The van der Waals surface area contributed by atoms with E-state index in [1.165, 1.54) is 18.2 Å². The minimum absolute atomic E-state index is 0.0505. The molecule has 0 radical (unpaired) electrons. The maximum atomic E-state index is 13.1. The molecule has 3 N–H and O–H groups in total. The number of benzene rings is 2. The van der Waals surface area contributed by atoms with Gasteiger partial charge in [-0.1, -0.05) is 24.3 Å². The molecule has 2 amide bonds. The molecule has 0 spiro atoms. The van der Waals surface area contributed by atoms with E-state index in [0.717, 1.165) is 6.07 Å². The Morgan fingerprint density at radius 3 is 2.42 bits per heavy atom. The van der Waals surface area contributed by atoms with E-state index in [0.29, 0.717) is 10.8 Å². The van der Waals surface area contributed by atoms with Gasteiger partial charge in [0.15, 0.2) is 5.69 Å². The summed E-state index contributed by atoms with van der Waals surface area (Å²) in [6.45, 7) is 0. The van der Waals surface area contributed by atoms with Gasteiger partial charge >= 0.3 is 0 Å². The number of hydrogen-bond donors (Lipinski definition) is 3. The molecule has 0 fully saturated rings. The van der Waals surface area contributed by atoms with Crippen LogP contribution in [0.5, 0.6) is 0 Å². The second kappa shape index (κ2) is 6.29. The zero-order chi connectivity index (χ0) is 17.1. The fourth-order valence-corrected chi connectivity index (χ4v) is 2.16. The SMILES string of the molecule is O=C(NNC(=O)c1n[nH]c(=O)c2ccccc12)c1cccc(F)c1. The fraction of sp³-hybridized carbons (Fsp3) is 0. The normalized spacial score (nSPS) is 10.4. The Bertz CT molecular complexity index is 1000. The molecule has 120 valence electrons. The molecule has 0 saturated heterocycles. The molecule has 0 aliphatic rings. The summed E-state index contributed by atoms with van der Waals surface area (Å²) in [7, 11) is 0. The largest absolute Gasteiger partial charge is 0.290 e. The number of carbonyl (C=O) groups is 2. The number of halogens is 1. The summed E-state index contributed by atoms with van der Waals surface area (Å²) in [5.41, 5.74) is 3.92. The molecule has 2 aromatic carbocycles. The fourth-order valence-electron chi connectivity index (χ4n) is 2.16. The average molecular weight is 326 g/mol. The number of aromatic nitrogens is 2. The third-order valence-corrected chi connectivity index (χ3v) is 3.29. The molecule has 0 atom stereocenters. The topological polar surface area (TPSA) is 104 Å². The molecule has 24 heavy (non-hydrogen) atoms. The standard InChI is InChI=1S/C16H11FN4O3/c17-10-5-3-4-9(8-10)14(22)19-21-16(24)13-11-6-1-2-7-12(11)15(23)20-18-13/h1-8H,(H,19,22)(H,20,23)(H,21,24). The number of nitrogens with zero attached hydrogens (tertiary/aromatic N) is 1. The van der Waals surface area contributed by atoms with Crippen molar-refractivity contribution in [1.29, 1.82) is 0 Å². The van der Waals surface area contributed by atoms with Crippen LogP contribution in [-0.4, -0.2) is 22.0 Å². The molecule has 8 heteroatoms. The summed E-state index contributed by atoms with van der Waals surface area (Å²) >= 11 is 0. The van der Waals surface area contributed by atoms with Crippen molar-refractivity contribution in [2.45, 2.75) is 0 Å². The van der Waals surface area contributed by atoms with E-state index >= 15 is 0 Å². The summed E-state index contributed by atoms with van der Waals surface area (Å²) < 4.78 is 13.1. The zero-order valence-electron chi connectivity index (χ0n) is 12.2. The number of fused-ring (bicyclic) bond motifs is 1. The van der Waals surface area contributed by atoms with E-state index in [-0.39, 0.29) is 11.3 Å².